The second-order valence-electron chi connectivity index (χ2n) is 2.29. The molecule has 0 saturated carbocycles. The highest BCUT2D eigenvalue weighted by atomic mass is 32.2. The summed E-state index contributed by atoms with van der Waals surface area (Å²) in [6.07, 6.45) is 5.60. The summed E-state index contributed by atoms with van der Waals surface area (Å²) in [6.45, 7) is 0. The molecule has 0 N–H and O–H groups in total. The topological polar surface area (TPSA) is 175 Å². The average Bonchev–Trinajstić information content (AvgIpc) is 2.31. The van der Waals surface area contributed by atoms with Crippen LogP contribution in [0.1, 0.15) is 0 Å². The standard InChI is InChI=1S/C6H4O2.N6O3S/c7-5-3-1-2-4-6(5)8;1-3-5-9-10(7,8)6-4-2/h1-4H;. The van der Waals surface area contributed by atoms with Gasteiger partial charge in [0.1, 0.15) is 5.28 Å². The molecule has 12 heteroatoms. The normalized spacial score (nSPS) is 12.7. The molecule has 1 rings (SSSR count). The smallest absolute Gasteiger partial charge is 0.304 e. The van der Waals surface area contributed by atoms with Gasteiger partial charge in [0.05, 0.1) is 4.52 Å². The zero-order chi connectivity index (χ0) is 14.0. The Bertz CT molecular complexity index is 570. The second-order valence-corrected chi connectivity index (χ2v) is 3.46. The third-order valence-corrected chi connectivity index (χ3v) is 1.68. The van der Waals surface area contributed by atoms with Crippen LogP contribution in [0.2, 0.25) is 0 Å². The number of rotatable bonds is 3. The molecule has 0 aromatic rings. The first-order valence-corrected chi connectivity index (χ1v) is 5.27. The summed E-state index contributed by atoms with van der Waals surface area (Å²) in [5.74, 6) is -0.875. The van der Waals surface area contributed by atoms with Gasteiger partial charge in [-0.1, -0.05) is 12.2 Å². The van der Waals surface area contributed by atoms with Gasteiger partial charge in [0.2, 0.25) is 11.6 Å². The van der Waals surface area contributed by atoms with Crippen molar-refractivity contribution < 1.29 is 22.3 Å². The molecule has 18 heavy (non-hydrogen) atoms. The summed E-state index contributed by atoms with van der Waals surface area (Å²) in [7, 11) is -4.41. The molecule has 0 aliphatic heterocycles. The van der Waals surface area contributed by atoms with E-state index in [1.54, 1.807) is 12.2 Å². The minimum Gasteiger partial charge on any atom is -0.304 e. The Morgan fingerprint density at radius 3 is 1.89 bits per heavy atom. The fourth-order valence-electron chi connectivity index (χ4n) is 0.567. The molecule has 11 nitrogen and oxygen atoms in total. The SMILES string of the molecule is O=C1C=CC=CC1=O.[N-]=[N+]=NOS(=O)(=O)N=[N+]=[N-]. The fourth-order valence-corrected chi connectivity index (χ4v) is 0.800. The van der Waals surface area contributed by atoms with E-state index in [0.29, 0.717) is 0 Å². The predicted molar refractivity (Wildman–Crippen MR) is 56.6 cm³/mol. The zero-order valence-electron chi connectivity index (χ0n) is 8.44. The number of hydrogen-bond acceptors (Lipinski definition) is 6. The van der Waals surface area contributed by atoms with E-state index >= 15 is 0 Å². The molecule has 0 aromatic heterocycles. The van der Waals surface area contributed by atoms with Crippen LogP contribution in [0.5, 0.6) is 0 Å². The Morgan fingerprint density at radius 2 is 1.56 bits per heavy atom. The summed E-state index contributed by atoms with van der Waals surface area (Å²) >= 11 is 0. The van der Waals surface area contributed by atoms with Gasteiger partial charge in [0.15, 0.2) is 0 Å². The minimum atomic E-state index is -4.41. The Labute approximate surface area is 99.8 Å². The maximum atomic E-state index is 10.3. The molecule has 0 spiro atoms. The quantitative estimate of drug-likeness (QED) is 0.186. The van der Waals surface area contributed by atoms with Gasteiger partial charge in [-0.2, -0.15) is 8.42 Å². The molecule has 0 amide bonds. The third kappa shape index (κ3) is 6.63. The van der Waals surface area contributed by atoms with Crippen molar-refractivity contribution in [3.05, 3.63) is 45.2 Å². The Balaban J connectivity index is 0.000000327. The van der Waals surface area contributed by atoms with Crippen molar-refractivity contribution in [3.63, 3.8) is 0 Å². The van der Waals surface area contributed by atoms with Gasteiger partial charge in [0.25, 0.3) is 0 Å². The van der Waals surface area contributed by atoms with Gasteiger partial charge in [0, 0.05) is 9.82 Å². The van der Waals surface area contributed by atoms with Gasteiger partial charge in [-0.05, 0) is 23.2 Å². The van der Waals surface area contributed by atoms with E-state index in [2.05, 4.69) is 14.1 Å². The second kappa shape index (κ2) is 7.46. The number of hydrogen-bond donors (Lipinski definition) is 0. The number of allylic oxidation sites excluding steroid dienone is 4. The lowest BCUT2D eigenvalue weighted by atomic mass is 10.1. The van der Waals surface area contributed by atoms with E-state index in [0.717, 1.165) is 0 Å². The lowest BCUT2D eigenvalue weighted by Gasteiger charge is -1.88. The van der Waals surface area contributed by atoms with Crippen molar-refractivity contribution in [1.82, 2.24) is 0 Å². The Hall–Kier alpha value is -2.81. The molecule has 0 aromatic carbocycles. The summed E-state index contributed by atoms with van der Waals surface area (Å²) in [5, 5.41) is 2.19. The van der Waals surface area contributed by atoms with Crippen molar-refractivity contribution in [1.29, 1.82) is 0 Å². The van der Waals surface area contributed by atoms with E-state index in [9.17, 15) is 18.0 Å². The van der Waals surface area contributed by atoms with Crippen LogP contribution in [0.4, 0.5) is 0 Å². The van der Waals surface area contributed by atoms with Crippen LogP contribution in [0.3, 0.4) is 0 Å². The molecule has 0 bridgehead atoms. The molecule has 0 saturated heterocycles. The largest absolute Gasteiger partial charge is 0.409 e. The first-order chi connectivity index (χ1) is 8.43. The van der Waals surface area contributed by atoms with Crippen molar-refractivity contribution >= 4 is 21.9 Å². The van der Waals surface area contributed by atoms with Crippen LogP contribution in [0, 0.1) is 0 Å². The lowest BCUT2D eigenvalue weighted by Crippen LogP contribution is -2.08. The summed E-state index contributed by atoms with van der Waals surface area (Å²) < 4.78 is 25.7. The fraction of sp³-hybridized carbons (Fsp3) is 0. The van der Waals surface area contributed by atoms with Gasteiger partial charge in [-0.25, -0.2) is 0 Å². The van der Waals surface area contributed by atoms with Gasteiger partial charge in [-0.3, -0.25) is 9.59 Å². The van der Waals surface area contributed by atoms with Crippen LogP contribution >= 0.6 is 0 Å². The van der Waals surface area contributed by atoms with E-state index < -0.39 is 21.9 Å². The van der Waals surface area contributed by atoms with Gasteiger partial charge in [-0.15, -0.1) is 0 Å². The molecule has 0 heterocycles. The molecule has 0 fully saturated rings. The molecule has 0 radical (unpaired) electrons. The van der Waals surface area contributed by atoms with Crippen LogP contribution in [0.25, 0.3) is 20.9 Å². The lowest BCUT2D eigenvalue weighted by molar-refractivity contribution is -0.131. The van der Waals surface area contributed by atoms with Gasteiger partial charge < -0.3 is 4.28 Å². The number of nitrogens with zero attached hydrogens (tertiary/aromatic N) is 6. The van der Waals surface area contributed by atoms with E-state index in [1.165, 1.54) is 12.2 Å². The highest BCUT2D eigenvalue weighted by Crippen LogP contribution is 1.94. The van der Waals surface area contributed by atoms with Crippen LogP contribution in [-0.2, 0) is 24.2 Å². The van der Waals surface area contributed by atoms with Crippen molar-refractivity contribution in [2.75, 3.05) is 0 Å². The van der Waals surface area contributed by atoms with Gasteiger partial charge >= 0.3 is 10.3 Å². The molecule has 94 valence electrons. The molecule has 1 aliphatic rings. The minimum absolute atomic E-state index is 0.437. The van der Waals surface area contributed by atoms with Crippen LogP contribution < -0.4 is 0 Å². The highest BCUT2D eigenvalue weighted by Gasteiger charge is 2.06. The Kier molecular flexibility index (Phi) is 6.30. The molecule has 0 atom stereocenters. The zero-order valence-corrected chi connectivity index (χ0v) is 9.26. The third-order valence-electron chi connectivity index (χ3n) is 1.15. The predicted octanol–water partition coefficient (Wildman–Crippen LogP) is 1.03. The van der Waals surface area contributed by atoms with E-state index in [-0.39, 0.29) is 0 Å². The number of carbonyl (C=O) groups excluding carboxylic acids is 2. The highest BCUT2D eigenvalue weighted by molar-refractivity contribution is 7.85. The first-order valence-electron chi connectivity index (χ1n) is 3.90. The van der Waals surface area contributed by atoms with Crippen molar-refractivity contribution in [2.24, 2.45) is 9.80 Å². The maximum absolute atomic E-state index is 10.3. The van der Waals surface area contributed by atoms with Crippen LogP contribution in [-0.4, -0.2) is 20.0 Å². The number of azide groups is 2. The summed E-state index contributed by atoms with van der Waals surface area (Å²) in [6, 6.07) is 0. The molecular weight excluding hydrogens is 268 g/mol. The summed E-state index contributed by atoms with van der Waals surface area (Å²) in [5.41, 5.74) is 15.1. The number of carbonyl (C=O) groups is 2. The first kappa shape index (κ1) is 15.2. The number of ketones is 2. The Morgan fingerprint density at radius 1 is 1.06 bits per heavy atom. The monoisotopic (exact) mass is 272 g/mol. The molecule has 1 aliphatic carbocycles. The average molecular weight is 272 g/mol. The summed E-state index contributed by atoms with van der Waals surface area (Å²) in [4.78, 5) is 24.4. The van der Waals surface area contributed by atoms with Crippen molar-refractivity contribution in [2.45, 2.75) is 0 Å². The molecular formula is C6H4N6O5S. The van der Waals surface area contributed by atoms with Crippen LogP contribution in [0.15, 0.2) is 34.1 Å². The van der Waals surface area contributed by atoms with E-state index in [1.807, 2.05) is 9.82 Å². The van der Waals surface area contributed by atoms with E-state index in [4.69, 9.17) is 11.1 Å². The molecule has 0 unspecified atom stereocenters. The maximum Gasteiger partial charge on any atom is 0.409 e. The van der Waals surface area contributed by atoms with Crippen molar-refractivity contribution in [3.8, 4) is 0 Å².